The second-order valence-corrected chi connectivity index (χ2v) is 7.89. The molecule has 0 saturated carbocycles. The van der Waals surface area contributed by atoms with Crippen LogP contribution in [0.1, 0.15) is 0 Å². The van der Waals surface area contributed by atoms with E-state index in [-0.39, 0.29) is 74.6 Å². The van der Waals surface area contributed by atoms with Gasteiger partial charge >= 0.3 is 68.9 Å². The summed E-state index contributed by atoms with van der Waals surface area (Å²) >= 11 is 0. The summed E-state index contributed by atoms with van der Waals surface area (Å²) in [5, 5.41) is 14.4. The Balaban J connectivity index is 0.00000241. The van der Waals surface area contributed by atoms with E-state index in [9.17, 15) is 5.11 Å². The van der Waals surface area contributed by atoms with E-state index >= 15 is 0 Å². The van der Waals surface area contributed by atoms with Gasteiger partial charge in [-0.25, -0.2) is 9.97 Å². The van der Waals surface area contributed by atoms with E-state index < -0.39 is 0 Å². The number of benzene rings is 3. The predicted octanol–water partition coefficient (Wildman–Crippen LogP) is 3.26. The Kier molecular flexibility index (Phi) is 6.83. The Morgan fingerprint density at radius 1 is 0.529 bits per heavy atom. The molecule has 0 aliphatic rings. The molecule has 0 radical (unpaired) electrons. The number of rotatable bonds is 3. The molecule has 0 spiro atoms. The first-order chi connectivity index (χ1) is 16.3. The zero-order valence-electron chi connectivity index (χ0n) is 18.6. The van der Waals surface area contributed by atoms with Crippen molar-refractivity contribution in [1.29, 1.82) is 0 Å². The average molecular weight is 557 g/mol. The monoisotopic (exact) mass is 557 g/mol. The number of pyridine rings is 3. The first-order valence-corrected chi connectivity index (χ1v) is 10.7. The molecule has 5 heteroatoms. The molecule has 156 valence electrons. The van der Waals surface area contributed by atoms with Gasteiger partial charge < -0.3 is 5.11 Å². The minimum Gasteiger partial charge on any atom is -0.872 e. The molecule has 3 aromatic heterocycles. The molecular formula is C29H18CsN3O. The molecule has 6 rings (SSSR count). The summed E-state index contributed by atoms with van der Waals surface area (Å²) in [6, 6.07) is 33.2. The molecule has 0 bridgehead atoms. The van der Waals surface area contributed by atoms with Gasteiger partial charge in [0.2, 0.25) is 0 Å². The number of hydrogen-bond donors (Lipinski definition) is 0. The van der Waals surface area contributed by atoms with Gasteiger partial charge in [0.1, 0.15) is 0 Å². The predicted molar refractivity (Wildman–Crippen MR) is 131 cm³/mol. The standard InChI is InChI=1S/C29H19N3O.Cs/c33-27-12-2-1-9-23(27)26-11-4-10-24(31-26)21-6-3-7-22(18-21)25-16-15-20-14-13-19-8-5-17-30-28(19)29(20)32-25;/h1-18,33H;/q;+1/p-1. The number of aromatic nitrogens is 3. The van der Waals surface area contributed by atoms with Crippen LogP contribution in [-0.2, 0) is 0 Å². The maximum Gasteiger partial charge on any atom is 1.00 e. The normalized spacial score (nSPS) is 10.8. The van der Waals surface area contributed by atoms with Gasteiger partial charge in [0, 0.05) is 28.1 Å². The van der Waals surface area contributed by atoms with E-state index in [1.165, 1.54) is 0 Å². The second-order valence-electron chi connectivity index (χ2n) is 7.89. The second kappa shape index (κ2) is 10.00. The third kappa shape index (κ3) is 4.43. The van der Waals surface area contributed by atoms with Crippen molar-refractivity contribution >= 4 is 21.8 Å². The van der Waals surface area contributed by atoms with Gasteiger partial charge in [-0.1, -0.05) is 78.5 Å². The minimum atomic E-state index is -0.0305. The topological polar surface area (TPSA) is 61.7 Å². The van der Waals surface area contributed by atoms with Gasteiger partial charge in [-0.2, -0.15) is 0 Å². The fourth-order valence-corrected chi connectivity index (χ4v) is 4.15. The van der Waals surface area contributed by atoms with Gasteiger partial charge in [-0.05, 0) is 35.9 Å². The van der Waals surface area contributed by atoms with Crippen LogP contribution in [0.3, 0.4) is 0 Å². The SMILES string of the molecule is [Cs+].[O-]c1ccccc1-c1cccc(-c2cccc(-c3ccc4ccc5cccnc5c4n3)c2)n1. The van der Waals surface area contributed by atoms with E-state index in [2.05, 4.69) is 35.3 Å². The van der Waals surface area contributed by atoms with E-state index in [4.69, 9.17) is 9.97 Å². The zero-order chi connectivity index (χ0) is 22.2. The van der Waals surface area contributed by atoms with Crippen molar-refractivity contribution in [3.05, 3.63) is 109 Å². The molecule has 0 amide bonds. The summed E-state index contributed by atoms with van der Waals surface area (Å²) in [4.78, 5) is 14.3. The van der Waals surface area contributed by atoms with Gasteiger partial charge in [0.25, 0.3) is 0 Å². The number of hydrogen-bond acceptors (Lipinski definition) is 4. The van der Waals surface area contributed by atoms with E-state index in [1.807, 2.05) is 60.7 Å². The first kappa shape index (κ1) is 23.2. The van der Waals surface area contributed by atoms with Crippen molar-refractivity contribution in [1.82, 2.24) is 15.0 Å². The quantitative estimate of drug-likeness (QED) is 0.314. The smallest absolute Gasteiger partial charge is 0.872 e. The van der Waals surface area contributed by atoms with E-state index in [1.54, 1.807) is 18.3 Å². The van der Waals surface area contributed by atoms with E-state index in [0.29, 0.717) is 11.3 Å². The molecular weight excluding hydrogens is 539 g/mol. The van der Waals surface area contributed by atoms with Crippen molar-refractivity contribution in [2.45, 2.75) is 0 Å². The minimum absolute atomic E-state index is 0. The first-order valence-electron chi connectivity index (χ1n) is 10.7. The largest absolute Gasteiger partial charge is 1.00 e. The summed E-state index contributed by atoms with van der Waals surface area (Å²) < 4.78 is 0. The van der Waals surface area contributed by atoms with Crippen molar-refractivity contribution in [2.24, 2.45) is 0 Å². The summed E-state index contributed by atoms with van der Waals surface area (Å²) in [6.45, 7) is 0. The van der Waals surface area contributed by atoms with Crippen LogP contribution in [0.2, 0.25) is 0 Å². The van der Waals surface area contributed by atoms with E-state index in [0.717, 1.165) is 44.3 Å². The number of fused-ring (bicyclic) bond motifs is 3. The molecule has 0 N–H and O–H groups in total. The van der Waals surface area contributed by atoms with Crippen LogP contribution in [0.5, 0.6) is 5.75 Å². The van der Waals surface area contributed by atoms with Crippen LogP contribution in [0.25, 0.3) is 55.6 Å². The fraction of sp³-hybridized carbons (Fsp3) is 0. The maximum atomic E-state index is 12.3. The van der Waals surface area contributed by atoms with Crippen molar-refractivity contribution in [2.75, 3.05) is 0 Å². The van der Waals surface area contributed by atoms with Crippen LogP contribution in [0, 0.1) is 0 Å². The molecule has 34 heavy (non-hydrogen) atoms. The van der Waals surface area contributed by atoms with Crippen molar-refractivity contribution < 1.29 is 74.0 Å². The number of para-hydroxylation sites is 1. The maximum absolute atomic E-state index is 12.3. The van der Waals surface area contributed by atoms with Crippen LogP contribution >= 0.6 is 0 Å². The Bertz CT molecular complexity index is 1650. The summed E-state index contributed by atoms with van der Waals surface area (Å²) in [5.74, 6) is -0.0305. The van der Waals surface area contributed by atoms with Crippen molar-refractivity contribution in [3.8, 4) is 39.5 Å². The molecule has 0 aliphatic heterocycles. The Labute approximate surface area is 256 Å². The summed E-state index contributed by atoms with van der Waals surface area (Å²) in [7, 11) is 0. The Morgan fingerprint density at radius 3 is 2.03 bits per heavy atom. The van der Waals surface area contributed by atoms with Crippen LogP contribution in [0.4, 0.5) is 0 Å². The molecule has 3 heterocycles. The van der Waals surface area contributed by atoms with Gasteiger partial charge in [0.15, 0.2) is 0 Å². The zero-order valence-corrected chi connectivity index (χ0v) is 24.9. The third-order valence-corrected chi connectivity index (χ3v) is 5.80. The molecule has 0 fully saturated rings. The molecule has 0 saturated heterocycles. The molecule has 0 aliphatic carbocycles. The van der Waals surface area contributed by atoms with Gasteiger partial charge in [-0.15, -0.1) is 0 Å². The Hall–Kier alpha value is -2.52. The van der Waals surface area contributed by atoms with Gasteiger partial charge in [0.05, 0.1) is 28.1 Å². The molecule has 0 unspecified atom stereocenters. The van der Waals surface area contributed by atoms with Crippen LogP contribution in [-0.4, -0.2) is 15.0 Å². The molecule has 4 nitrogen and oxygen atoms in total. The molecule has 6 aromatic rings. The van der Waals surface area contributed by atoms with Crippen molar-refractivity contribution in [3.63, 3.8) is 0 Å². The van der Waals surface area contributed by atoms with Crippen LogP contribution < -0.4 is 74.0 Å². The molecule has 0 atom stereocenters. The molecule has 3 aromatic carbocycles. The third-order valence-electron chi connectivity index (χ3n) is 5.80. The fourth-order valence-electron chi connectivity index (χ4n) is 4.15. The van der Waals surface area contributed by atoms with Gasteiger partial charge in [-0.3, -0.25) is 4.98 Å². The summed E-state index contributed by atoms with van der Waals surface area (Å²) in [5.41, 5.74) is 6.72. The Morgan fingerprint density at radius 2 is 1.21 bits per heavy atom. The van der Waals surface area contributed by atoms with Crippen LogP contribution in [0.15, 0.2) is 109 Å². The number of nitrogens with zero attached hydrogens (tertiary/aromatic N) is 3. The average Bonchev–Trinajstić information content (AvgIpc) is 2.89. The summed E-state index contributed by atoms with van der Waals surface area (Å²) in [6.07, 6.45) is 1.80.